The van der Waals surface area contributed by atoms with E-state index in [0.29, 0.717) is 37.0 Å². The van der Waals surface area contributed by atoms with Crippen LogP contribution in [0.4, 0.5) is 4.79 Å². The van der Waals surface area contributed by atoms with Crippen molar-refractivity contribution in [3.8, 4) is 0 Å². The topological polar surface area (TPSA) is 169 Å². The largest absolute Gasteiger partial charge is 0.480 e. The Morgan fingerprint density at radius 1 is 1.14 bits per heavy atom. The van der Waals surface area contributed by atoms with Gasteiger partial charge in [-0.25, -0.2) is 14.5 Å². The number of aryl methyl sites for hydroxylation is 1. The highest BCUT2D eigenvalue weighted by Crippen LogP contribution is 2.17. The molecule has 3 unspecified atom stereocenters. The van der Waals surface area contributed by atoms with Crippen LogP contribution < -0.4 is 5.32 Å². The molecule has 0 saturated carbocycles. The number of nitrogens with one attached hydrogen (secondary N) is 1. The Hall–Kier alpha value is -3.10. The summed E-state index contributed by atoms with van der Waals surface area (Å²) in [6, 6.07) is 5.54. The number of unbranched alkanes of at least 4 members (excludes halogenated alkanes) is 2. The Morgan fingerprint density at radius 3 is 2.44 bits per heavy atom. The van der Waals surface area contributed by atoms with Gasteiger partial charge in [-0.1, -0.05) is 30.3 Å². The SMILES string of the molecule is CC(NC(CCc1ccccc1)C(=O)OCCCCCON(O)O)C(=O)N1C(=O)N(C)CC1C(=O)O. The van der Waals surface area contributed by atoms with E-state index >= 15 is 0 Å². The maximum atomic E-state index is 13.0. The molecule has 2 rings (SSSR count). The second kappa shape index (κ2) is 14.5. The first-order valence-corrected chi connectivity index (χ1v) is 11.7. The number of hydrogen-bond acceptors (Lipinski definition) is 10. The van der Waals surface area contributed by atoms with Gasteiger partial charge >= 0.3 is 18.0 Å². The van der Waals surface area contributed by atoms with E-state index in [9.17, 15) is 24.3 Å². The molecule has 36 heavy (non-hydrogen) atoms. The average molecular weight is 511 g/mol. The number of imide groups is 1. The van der Waals surface area contributed by atoms with Gasteiger partial charge in [-0.3, -0.25) is 30.2 Å². The van der Waals surface area contributed by atoms with Gasteiger partial charge in [-0.2, -0.15) is 0 Å². The lowest BCUT2D eigenvalue weighted by Gasteiger charge is -2.26. The number of amides is 3. The molecule has 1 fully saturated rings. The number of carboxylic acids is 1. The third-order valence-corrected chi connectivity index (χ3v) is 5.72. The highest BCUT2D eigenvalue weighted by molar-refractivity contribution is 6.02. The lowest BCUT2D eigenvalue weighted by Crippen LogP contribution is -2.54. The molecule has 200 valence electrons. The van der Waals surface area contributed by atoms with Crippen LogP contribution in [-0.2, 0) is 30.4 Å². The minimum absolute atomic E-state index is 0.0869. The molecule has 0 bridgehead atoms. The highest BCUT2D eigenvalue weighted by Gasteiger charge is 2.45. The van der Waals surface area contributed by atoms with Gasteiger partial charge in [0.25, 0.3) is 0 Å². The van der Waals surface area contributed by atoms with Gasteiger partial charge in [0.05, 0.1) is 31.2 Å². The molecule has 0 aliphatic carbocycles. The smallest absolute Gasteiger partial charge is 0.328 e. The molecular formula is C23H34N4O9. The van der Waals surface area contributed by atoms with Crippen molar-refractivity contribution < 1.29 is 44.3 Å². The van der Waals surface area contributed by atoms with E-state index in [1.165, 1.54) is 14.0 Å². The monoisotopic (exact) mass is 510 g/mol. The first-order valence-electron chi connectivity index (χ1n) is 11.7. The van der Waals surface area contributed by atoms with E-state index < -0.39 is 42.0 Å². The Kier molecular flexibility index (Phi) is 11.7. The van der Waals surface area contributed by atoms with Crippen LogP contribution in [0.3, 0.4) is 0 Å². The molecule has 0 aromatic heterocycles. The number of likely N-dealkylation sites (N-methyl/N-ethyl adjacent to an activating group) is 1. The van der Waals surface area contributed by atoms with Crippen molar-refractivity contribution in [3.05, 3.63) is 35.9 Å². The number of esters is 1. The van der Waals surface area contributed by atoms with Crippen LogP contribution in [0.5, 0.6) is 0 Å². The molecule has 0 radical (unpaired) electrons. The summed E-state index contributed by atoms with van der Waals surface area (Å²) in [6.07, 6.45) is 2.47. The lowest BCUT2D eigenvalue weighted by atomic mass is 10.0. The number of aliphatic carboxylic acids is 1. The maximum absolute atomic E-state index is 13.0. The first-order chi connectivity index (χ1) is 17.1. The predicted octanol–water partition coefficient (Wildman–Crippen LogP) is 1.04. The summed E-state index contributed by atoms with van der Waals surface area (Å²) >= 11 is 0. The first kappa shape index (κ1) is 29.1. The van der Waals surface area contributed by atoms with Gasteiger partial charge < -0.3 is 14.7 Å². The molecule has 1 heterocycles. The molecule has 4 N–H and O–H groups in total. The summed E-state index contributed by atoms with van der Waals surface area (Å²) in [6.45, 7) is 1.56. The van der Waals surface area contributed by atoms with Crippen molar-refractivity contribution in [3.63, 3.8) is 0 Å². The minimum atomic E-state index is -1.30. The fourth-order valence-corrected chi connectivity index (χ4v) is 3.78. The van der Waals surface area contributed by atoms with Crippen molar-refractivity contribution >= 4 is 23.9 Å². The number of benzene rings is 1. The number of carbonyl (C=O) groups excluding carboxylic acids is 3. The maximum Gasteiger partial charge on any atom is 0.328 e. The summed E-state index contributed by atoms with van der Waals surface area (Å²) in [5.41, 5.74) is 0.986. The van der Waals surface area contributed by atoms with E-state index in [-0.39, 0.29) is 25.1 Å². The fraction of sp³-hybridized carbons (Fsp3) is 0.565. The Bertz CT molecular complexity index is 884. The van der Waals surface area contributed by atoms with Crippen molar-refractivity contribution in [1.29, 1.82) is 0 Å². The average Bonchev–Trinajstić information content (AvgIpc) is 3.15. The number of rotatable bonds is 15. The van der Waals surface area contributed by atoms with Gasteiger partial charge in [0.1, 0.15) is 6.04 Å². The Balaban J connectivity index is 1.98. The third kappa shape index (κ3) is 8.84. The minimum Gasteiger partial charge on any atom is -0.480 e. The zero-order valence-corrected chi connectivity index (χ0v) is 20.4. The summed E-state index contributed by atoms with van der Waals surface area (Å²) in [5, 5.41) is 29.0. The van der Waals surface area contributed by atoms with E-state index in [1.807, 2.05) is 30.3 Å². The van der Waals surface area contributed by atoms with Crippen LogP contribution in [0.25, 0.3) is 0 Å². The quantitative estimate of drug-likeness (QED) is 0.151. The van der Waals surface area contributed by atoms with Crippen molar-refractivity contribution in [2.45, 2.75) is 57.2 Å². The number of ether oxygens (including phenoxy) is 1. The number of carbonyl (C=O) groups is 4. The number of hydrogen-bond donors (Lipinski definition) is 4. The summed E-state index contributed by atoms with van der Waals surface area (Å²) in [5.74, 6) is -2.60. The molecule has 1 aromatic rings. The van der Waals surface area contributed by atoms with Crippen LogP contribution in [0, 0.1) is 0 Å². The van der Waals surface area contributed by atoms with Gasteiger partial charge in [-0.05, 0) is 44.6 Å². The normalized spacial score (nSPS) is 17.4. The van der Waals surface area contributed by atoms with Gasteiger partial charge in [-0.15, -0.1) is 0 Å². The van der Waals surface area contributed by atoms with E-state index in [0.717, 1.165) is 10.5 Å². The Labute approximate surface area is 209 Å². The second-order valence-electron chi connectivity index (χ2n) is 8.50. The zero-order chi connectivity index (χ0) is 26.7. The zero-order valence-electron chi connectivity index (χ0n) is 20.4. The van der Waals surface area contributed by atoms with Crippen molar-refractivity contribution in [2.75, 3.05) is 26.8 Å². The van der Waals surface area contributed by atoms with Crippen molar-refractivity contribution in [1.82, 2.24) is 20.5 Å². The molecule has 13 nitrogen and oxygen atoms in total. The van der Waals surface area contributed by atoms with Crippen LogP contribution >= 0.6 is 0 Å². The molecule has 13 heteroatoms. The fourth-order valence-electron chi connectivity index (χ4n) is 3.78. The molecule has 1 aliphatic rings. The van der Waals surface area contributed by atoms with Crippen LogP contribution in [-0.4, -0.2) is 99.5 Å². The lowest BCUT2D eigenvalue weighted by molar-refractivity contribution is -0.492. The van der Waals surface area contributed by atoms with Gasteiger partial charge in [0, 0.05) is 7.05 Å². The number of carboxylic acid groups (broad SMARTS) is 1. The summed E-state index contributed by atoms with van der Waals surface area (Å²) in [4.78, 5) is 56.1. The summed E-state index contributed by atoms with van der Waals surface area (Å²) in [7, 11) is 1.42. The predicted molar refractivity (Wildman–Crippen MR) is 124 cm³/mol. The van der Waals surface area contributed by atoms with Crippen LogP contribution in [0.2, 0.25) is 0 Å². The van der Waals surface area contributed by atoms with Crippen molar-refractivity contribution in [2.24, 2.45) is 0 Å². The molecule has 1 aliphatic heterocycles. The molecule has 1 saturated heterocycles. The van der Waals surface area contributed by atoms with E-state index in [1.54, 1.807) is 0 Å². The molecule has 0 spiro atoms. The summed E-state index contributed by atoms with van der Waals surface area (Å²) < 4.78 is 5.38. The molecular weight excluding hydrogens is 476 g/mol. The number of nitrogens with zero attached hydrogens (tertiary/aromatic N) is 3. The van der Waals surface area contributed by atoms with Gasteiger partial charge in [0.15, 0.2) is 6.04 Å². The van der Waals surface area contributed by atoms with E-state index in [2.05, 4.69) is 10.2 Å². The molecule has 1 aromatic carbocycles. The third-order valence-electron chi connectivity index (χ3n) is 5.72. The van der Waals surface area contributed by atoms with Gasteiger partial charge in [0.2, 0.25) is 5.91 Å². The van der Waals surface area contributed by atoms with E-state index in [4.69, 9.17) is 15.2 Å². The van der Waals surface area contributed by atoms with Crippen LogP contribution in [0.15, 0.2) is 30.3 Å². The Morgan fingerprint density at radius 2 is 1.81 bits per heavy atom. The molecule has 3 amide bonds. The highest BCUT2D eigenvalue weighted by atomic mass is 17.1. The van der Waals surface area contributed by atoms with Crippen LogP contribution in [0.1, 0.15) is 38.2 Å². The second-order valence-corrected chi connectivity index (χ2v) is 8.50. The molecule has 3 atom stereocenters. The standard InChI is InChI=1S/C23H34N4O9/c1-16(20(28)26-19(21(29)30)15-25(2)23(26)32)24-18(12-11-17-9-5-3-6-10-17)22(31)35-13-7-4-8-14-36-27(33)34/h3,5-6,9-10,16,18-19,24,33-34H,4,7-8,11-15H2,1-2H3,(H,29,30). The number of urea groups is 1.